The highest BCUT2D eigenvalue weighted by Crippen LogP contribution is 2.26. The van der Waals surface area contributed by atoms with Crippen molar-refractivity contribution in [3.05, 3.63) is 0 Å². The lowest BCUT2D eigenvalue weighted by Gasteiger charge is -2.35. The first-order chi connectivity index (χ1) is 7.53. The van der Waals surface area contributed by atoms with Crippen LogP contribution in [0.4, 0.5) is 0 Å². The molecule has 0 aromatic carbocycles. The van der Waals surface area contributed by atoms with Crippen LogP contribution in [0.15, 0.2) is 0 Å². The van der Waals surface area contributed by atoms with Crippen LogP contribution in [0.2, 0.25) is 0 Å². The fraction of sp³-hybridized carbons (Fsp3) is 0.917. The topological polar surface area (TPSA) is 50.4 Å². The zero-order valence-corrected chi connectivity index (χ0v) is 10.4. The number of carbonyl (C=O) groups is 1. The van der Waals surface area contributed by atoms with Gasteiger partial charge >= 0.3 is 0 Å². The van der Waals surface area contributed by atoms with E-state index in [9.17, 15) is 4.79 Å². The minimum absolute atomic E-state index is 0.103. The predicted molar refractivity (Wildman–Crippen MR) is 62.1 cm³/mol. The van der Waals surface area contributed by atoms with Crippen molar-refractivity contribution in [1.29, 1.82) is 0 Å². The van der Waals surface area contributed by atoms with Gasteiger partial charge in [0.15, 0.2) is 0 Å². The third kappa shape index (κ3) is 2.09. The van der Waals surface area contributed by atoms with E-state index in [0.717, 1.165) is 26.1 Å². The highest BCUT2D eigenvalue weighted by molar-refractivity contribution is 5.79. The molecule has 3 unspecified atom stereocenters. The molecule has 2 heterocycles. The minimum atomic E-state index is -0.178. The third-order valence-electron chi connectivity index (χ3n) is 4.23. The standard InChI is InChI=1S/C12H22N2O2/c1-8(10-6-13-7-10)11(15)14-12(3)4-5-16-9(12)2/h8-10,13H,4-7H2,1-3H3,(H,14,15). The monoisotopic (exact) mass is 226 g/mol. The summed E-state index contributed by atoms with van der Waals surface area (Å²) in [5.74, 6) is 0.776. The molecule has 16 heavy (non-hydrogen) atoms. The number of hydrogen-bond donors (Lipinski definition) is 2. The number of amides is 1. The van der Waals surface area contributed by atoms with E-state index in [1.807, 2.05) is 13.8 Å². The predicted octanol–water partition coefficient (Wildman–Crippen LogP) is 0.526. The highest BCUT2D eigenvalue weighted by atomic mass is 16.5. The summed E-state index contributed by atoms with van der Waals surface area (Å²) in [4.78, 5) is 12.1. The summed E-state index contributed by atoms with van der Waals surface area (Å²) in [6, 6.07) is 0. The van der Waals surface area contributed by atoms with Crippen molar-refractivity contribution in [1.82, 2.24) is 10.6 Å². The van der Waals surface area contributed by atoms with Crippen molar-refractivity contribution >= 4 is 5.91 Å². The Bertz CT molecular complexity index is 278. The molecular weight excluding hydrogens is 204 g/mol. The molecule has 2 aliphatic heterocycles. The van der Waals surface area contributed by atoms with Crippen LogP contribution in [0.3, 0.4) is 0 Å². The normalized spacial score (nSPS) is 36.8. The largest absolute Gasteiger partial charge is 0.376 e. The van der Waals surface area contributed by atoms with Crippen LogP contribution in [-0.2, 0) is 9.53 Å². The van der Waals surface area contributed by atoms with Gasteiger partial charge < -0.3 is 15.4 Å². The van der Waals surface area contributed by atoms with Crippen LogP contribution in [0, 0.1) is 11.8 Å². The Kier molecular flexibility index (Phi) is 3.22. The first-order valence-corrected chi connectivity index (χ1v) is 6.17. The maximum absolute atomic E-state index is 12.1. The van der Waals surface area contributed by atoms with Crippen LogP contribution in [-0.4, -0.2) is 37.2 Å². The molecule has 0 spiro atoms. The van der Waals surface area contributed by atoms with Gasteiger partial charge in [-0.25, -0.2) is 0 Å². The van der Waals surface area contributed by atoms with Gasteiger partial charge in [0.2, 0.25) is 5.91 Å². The molecule has 3 atom stereocenters. The molecule has 2 saturated heterocycles. The van der Waals surface area contributed by atoms with Crippen LogP contribution in [0.5, 0.6) is 0 Å². The van der Waals surface area contributed by atoms with Crippen molar-refractivity contribution in [2.75, 3.05) is 19.7 Å². The quantitative estimate of drug-likeness (QED) is 0.738. The van der Waals surface area contributed by atoms with Crippen LogP contribution >= 0.6 is 0 Å². The first-order valence-electron chi connectivity index (χ1n) is 6.17. The molecule has 1 amide bonds. The van der Waals surface area contributed by atoms with E-state index in [1.54, 1.807) is 0 Å². The van der Waals surface area contributed by atoms with Gasteiger partial charge in [-0.3, -0.25) is 4.79 Å². The summed E-state index contributed by atoms with van der Waals surface area (Å²) >= 11 is 0. The van der Waals surface area contributed by atoms with E-state index in [0.29, 0.717) is 5.92 Å². The Morgan fingerprint density at radius 2 is 2.25 bits per heavy atom. The maximum Gasteiger partial charge on any atom is 0.223 e. The lowest BCUT2D eigenvalue weighted by Crippen LogP contribution is -2.56. The van der Waals surface area contributed by atoms with Gasteiger partial charge in [0, 0.05) is 12.5 Å². The fourth-order valence-corrected chi connectivity index (χ4v) is 2.27. The van der Waals surface area contributed by atoms with Crippen molar-refractivity contribution < 1.29 is 9.53 Å². The molecule has 0 aliphatic carbocycles. The van der Waals surface area contributed by atoms with E-state index in [2.05, 4.69) is 17.6 Å². The van der Waals surface area contributed by atoms with Crippen LogP contribution < -0.4 is 10.6 Å². The Labute approximate surface area is 97.1 Å². The van der Waals surface area contributed by atoms with Gasteiger partial charge in [-0.2, -0.15) is 0 Å². The zero-order valence-electron chi connectivity index (χ0n) is 10.4. The molecule has 2 aliphatic rings. The second-order valence-corrected chi connectivity index (χ2v) is 5.38. The van der Waals surface area contributed by atoms with E-state index < -0.39 is 0 Å². The van der Waals surface area contributed by atoms with Crippen molar-refractivity contribution in [2.45, 2.75) is 38.8 Å². The highest BCUT2D eigenvalue weighted by Gasteiger charge is 2.40. The summed E-state index contributed by atoms with van der Waals surface area (Å²) < 4.78 is 5.52. The zero-order chi connectivity index (χ0) is 11.8. The first kappa shape index (κ1) is 11.9. The Hall–Kier alpha value is -0.610. The number of hydrogen-bond acceptors (Lipinski definition) is 3. The van der Waals surface area contributed by atoms with Gasteiger partial charge in [0.25, 0.3) is 0 Å². The second-order valence-electron chi connectivity index (χ2n) is 5.38. The number of ether oxygens (including phenoxy) is 1. The van der Waals surface area contributed by atoms with Gasteiger partial charge in [0.05, 0.1) is 11.6 Å². The molecular formula is C12H22N2O2. The van der Waals surface area contributed by atoms with Crippen LogP contribution in [0.25, 0.3) is 0 Å². The fourth-order valence-electron chi connectivity index (χ4n) is 2.27. The molecule has 2 rings (SSSR count). The molecule has 0 aromatic heterocycles. The van der Waals surface area contributed by atoms with E-state index >= 15 is 0 Å². The lowest BCUT2D eigenvalue weighted by atomic mass is 9.86. The second kappa shape index (κ2) is 4.34. The Morgan fingerprint density at radius 3 is 2.69 bits per heavy atom. The summed E-state index contributed by atoms with van der Waals surface area (Å²) in [5, 5.41) is 6.37. The molecule has 2 N–H and O–H groups in total. The average molecular weight is 226 g/mol. The maximum atomic E-state index is 12.1. The van der Waals surface area contributed by atoms with E-state index in [4.69, 9.17) is 4.74 Å². The van der Waals surface area contributed by atoms with Crippen molar-refractivity contribution in [3.8, 4) is 0 Å². The van der Waals surface area contributed by atoms with Gasteiger partial charge in [-0.15, -0.1) is 0 Å². The summed E-state index contributed by atoms with van der Waals surface area (Å²) in [7, 11) is 0. The Morgan fingerprint density at radius 1 is 1.56 bits per heavy atom. The van der Waals surface area contributed by atoms with Crippen molar-refractivity contribution in [2.24, 2.45) is 11.8 Å². The summed E-state index contributed by atoms with van der Waals surface area (Å²) in [6.07, 6.45) is 1.03. The van der Waals surface area contributed by atoms with Gasteiger partial charge in [-0.1, -0.05) is 6.92 Å². The molecule has 0 radical (unpaired) electrons. The molecule has 0 aromatic rings. The summed E-state index contributed by atoms with van der Waals surface area (Å²) in [6.45, 7) is 8.81. The van der Waals surface area contributed by atoms with Gasteiger partial charge in [0.1, 0.15) is 0 Å². The molecule has 2 fully saturated rings. The molecule has 0 bridgehead atoms. The minimum Gasteiger partial charge on any atom is -0.376 e. The SMILES string of the molecule is CC(C(=O)NC1(C)CCOC1C)C1CNC1. The van der Waals surface area contributed by atoms with E-state index in [-0.39, 0.29) is 23.5 Å². The smallest absolute Gasteiger partial charge is 0.223 e. The molecule has 0 saturated carbocycles. The summed E-state index contributed by atoms with van der Waals surface area (Å²) in [5.41, 5.74) is -0.178. The Balaban J connectivity index is 1.90. The van der Waals surface area contributed by atoms with E-state index in [1.165, 1.54) is 0 Å². The van der Waals surface area contributed by atoms with Crippen molar-refractivity contribution in [3.63, 3.8) is 0 Å². The average Bonchev–Trinajstić information content (AvgIpc) is 2.44. The molecule has 4 heteroatoms. The number of nitrogens with one attached hydrogen (secondary N) is 2. The number of rotatable bonds is 3. The molecule has 4 nitrogen and oxygen atoms in total. The van der Waals surface area contributed by atoms with Crippen LogP contribution in [0.1, 0.15) is 27.2 Å². The third-order valence-corrected chi connectivity index (χ3v) is 4.23. The lowest BCUT2D eigenvalue weighted by molar-refractivity contribution is -0.129. The number of carbonyl (C=O) groups excluding carboxylic acids is 1. The van der Waals surface area contributed by atoms with Gasteiger partial charge in [-0.05, 0) is 39.3 Å². The molecule has 92 valence electrons.